The summed E-state index contributed by atoms with van der Waals surface area (Å²) in [5.74, 6) is -4.01. The van der Waals surface area contributed by atoms with Gasteiger partial charge in [-0.25, -0.2) is 13.2 Å². The van der Waals surface area contributed by atoms with Gasteiger partial charge in [0.05, 0.1) is 12.0 Å². The van der Waals surface area contributed by atoms with Gasteiger partial charge in [-0.15, -0.1) is 0 Å². The van der Waals surface area contributed by atoms with Gasteiger partial charge in [-0.3, -0.25) is 0 Å². The van der Waals surface area contributed by atoms with Crippen molar-refractivity contribution in [2.45, 2.75) is 24.9 Å². The lowest BCUT2D eigenvalue weighted by Crippen LogP contribution is -2.18. The van der Waals surface area contributed by atoms with E-state index in [2.05, 4.69) is 0 Å². The zero-order valence-electron chi connectivity index (χ0n) is 10.8. The van der Waals surface area contributed by atoms with Gasteiger partial charge in [-0.1, -0.05) is 11.6 Å². The maximum Gasteiger partial charge on any atom is 0.418 e. The Kier molecular flexibility index (Phi) is 3.25. The van der Waals surface area contributed by atoms with E-state index < -0.39 is 41.9 Å². The third-order valence-electron chi connectivity index (χ3n) is 3.51. The molecule has 0 radical (unpaired) electrons. The minimum atomic E-state index is -4.76. The first-order chi connectivity index (χ1) is 10.1. The summed E-state index contributed by atoms with van der Waals surface area (Å²) in [6.07, 6.45) is -5.85. The number of nitrogens with zero attached hydrogens (tertiary/aromatic N) is 1. The van der Waals surface area contributed by atoms with Crippen molar-refractivity contribution in [1.82, 2.24) is 4.57 Å². The van der Waals surface area contributed by atoms with Crippen LogP contribution in [0.1, 0.15) is 16.8 Å². The van der Waals surface area contributed by atoms with Crippen molar-refractivity contribution in [2.24, 2.45) is 0 Å². The molecule has 0 saturated carbocycles. The van der Waals surface area contributed by atoms with Crippen molar-refractivity contribution in [2.75, 3.05) is 0 Å². The molecule has 1 heterocycles. The van der Waals surface area contributed by atoms with E-state index in [1.54, 1.807) is 0 Å². The third kappa shape index (κ3) is 2.58. The highest BCUT2D eigenvalue weighted by Crippen LogP contribution is 2.44. The highest BCUT2D eigenvalue weighted by molar-refractivity contribution is 6.30. The van der Waals surface area contributed by atoms with Crippen molar-refractivity contribution in [3.8, 4) is 5.69 Å². The van der Waals surface area contributed by atoms with Crippen LogP contribution in [0.2, 0.25) is 5.02 Å². The van der Waals surface area contributed by atoms with Gasteiger partial charge in [0.2, 0.25) is 0 Å². The molecule has 0 atom stereocenters. The van der Waals surface area contributed by atoms with Crippen LogP contribution in [0.25, 0.3) is 5.69 Å². The first-order valence-corrected chi connectivity index (χ1v) is 6.59. The topological polar surface area (TPSA) is 4.93 Å². The Labute approximate surface area is 126 Å². The standard InChI is InChI=1S/C14H8ClF6N/c15-7-1-8(16)3-9(2-7)22-6-11(14(19,20)21)10-4-13(17,18)5-12(10)22/h1-3,6H,4-5H2. The summed E-state index contributed by atoms with van der Waals surface area (Å²) in [6.45, 7) is 0. The van der Waals surface area contributed by atoms with Crippen LogP contribution in [0, 0.1) is 5.82 Å². The molecule has 0 fully saturated rings. The molecule has 0 N–H and O–H groups in total. The van der Waals surface area contributed by atoms with Crippen molar-refractivity contribution in [3.05, 3.63) is 52.1 Å². The number of rotatable bonds is 1. The van der Waals surface area contributed by atoms with E-state index in [1.165, 1.54) is 6.07 Å². The number of hydrogen-bond acceptors (Lipinski definition) is 0. The molecule has 1 nitrogen and oxygen atoms in total. The van der Waals surface area contributed by atoms with E-state index in [-0.39, 0.29) is 16.4 Å². The molecule has 0 saturated heterocycles. The summed E-state index contributed by atoms with van der Waals surface area (Å²) in [7, 11) is 0. The second kappa shape index (κ2) is 4.68. The number of fused-ring (bicyclic) bond motifs is 1. The minimum absolute atomic E-state index is 0.0190. The summed E-state index contributed by atoms with van der Waals surface area (Å²) in [4.78, 5) is 0. The Morgan fingerprint density at radius 1 is 1.09 bits per heavy atom. The smallest absolute Gasteiger partial charge is 0.320 e. The lowest BCUT2D eigenvalue weighted by molar-refractivity contribution is -0.138. The quantitative estimate of drug-likeness (QED) is 0.643. The Bertz CT molecular complexity index is 726. The molecule has 1 aliphatic carbocycles. The van der Waals surface area contributed by atoms with E-state index in [1.807, 2.05) is 0 Å². The highest BCUT2D eigenvalue weighted by atomic mass is 35.5. The van der Waals surface area contributed by atoms with Gasteiger partial charge in [0.15, 0.2) is 0 Å². The predicted molar refractivity (Wildman–Crippen MR) is 68.1 cm³/mol. The summed E-state index contributed by atoms with van der Waals surface area (Å²) >= 11 is 5.68. The van der Waals surface area contributed by atoms with E-state index >= 15 is 0 Å². The Balaban J connectivity index is 2.22. The molecule has 1 aliphatic rings. The van der Waals surface area contributed by atoms with Gasteiger partial charge in [-0.2, -0.15) is 13.2 Å². The second-order valence-corrected chi connectivity index (χ2v) is 5.61. The predicted octanol–water partition coefficient (Wildman–Crippen LogP) is 5.02. The number of aromatic nitrogens is 1. The highest BCUT2D eigenvalue weighted by Gasteiger charge is 2.46. The second-order valence-electron chi connectivity index (χ2n) is 5.17. The molecule has 0 amide bonds. The van der Waals surface area contributed by atoms with Gasteiger partial charge in [0.25, 0.3) is 5.92 Å². The summed E-state index contributed by atoms with van der Waals surface area (Å²) in [5.41, 5.74) is -1.76. The molecule has 3 rings (SSSR count). The monoisotopic (exact) mass is 339 g/mol. The molecule has 2 aromatic rings. The molecule has 22 heavy (non-hydrogen) atoms. The van der Waals surface area contributed by atoms with Gasteiger partial charge in [-0.05, 0) is 23.8 Å². The molecule has 118 valence electrons. The average Bonchev–Trinajstić information content (AvgIpc) is 2.79. The zero-order valence-corrected chi connectivity index (χ0v) is 11.6. The zero-order chi connectivity index (χ0) is 16.3. The first kappa shape index (κ1) is 15.3. The third-order valence-corrected chi connectivity index (χ3v) is 3.73. The van der Waals surface area contributed by atoms with Crippen molar-refractivity contribution in [1.29, 1.82) is 0 Å². The lowest BCUT2D eigenvalue weighted by Gasteiger charge is -2.12. The minimum Gasteiger partial charge on any atom is -0.320 e. The molecule has 1 aromatic carbocycles. The number of alkyl halides is 5. The van der Waals surface area contributed by atoms with Crippen LogP contribution < -0.4 is 0 Å². The van der Waals surface area contributed by atoms with Crippen LogP contribution in [0.5, 0.6) is 0 Å². The van der Waals surface area contributed by atoms with Crippen LogP contribution in [0.4, 0.5) is 26.3 Å². The molecule has 0 unspecified atom stereocenters. The van der Waals surface area contributed by atoms with E-state index in [4.69, 9.17) is 11.6 Å². The SMILES string of the molecule is Fc1cc(Cl)cc(-n2cc(C(F)(F)F)c3c2CC(F)(F)C3)c1. The first-order valence-electron chi connectivity index (χ1n) is 6.21. The fourth-order valence-corrected chi connectivity index (χ4v) is 2.91. The van der Waals surface area contributed by atoms with E-state index in [0.29, 0.717) is 6.20 Å². The maximum atomic E-state index is 13.5. The molecular formula is C14H8ClF6N. The molecular weight excluding hydrogens is 332 g/mol. The molecule has 0 bridgehead atoms. The van der Waals surface area contributed by atoms with E-state index in [9.17, 15) is 26.3 Å². The van der Waals surface area contributed by atoms with Gasteiger partial charge in [0.1, 0.15) is 5.82 Å². The number of hydrogen-bond donors (Lipinski definition) is 0. The van der Waals surface area contributed by atoms with Gasteiger partial charge < -0.3 is 4.57 Å². The largest absolute Gasteiger partial charge is 0.418 e. The van der Waals surface area contributed by atoms with E-state index in [0.717, 1.165) is 16.7 Å². The van der Waals surface area contributed by atoms with Crippen LogP contribution in [-0.4, -0.2) is 10.5 Å². The van der Waals surface area contributed by atoms with Gasteiger partial charge >= 0.3 is 6.18 Å². The number of halogens is 7. The van der Waals surface area contributed by atoms with Crippen LogP contribution in [-0.2, 0) is 19.0 Å². The van der Waals surface area contributed by atoms with Gasteiger partial charge in [0, 0.05) is 29.0 Å². The van der Waals surface area contributed by atoms with Crippen LogP contribution in [0.3, 0.4) is 0 Å². The number of benzene rings is 1. The fraction of sp³-hybridized carbons (Fsp3) is 0.286. The van der Waals surface area contributed by atoms with Crippen LogP contribution in [0.15, 0.2) is 24.4 Å². The van der Waals surface area contributed by atoms with Crippen molar-refractivity contribution in [3.63, 3.8) is 0 Å². The summed E-state index contributed by atoms with van der Waals surface area (Å²) < 4.78 is 80.4. The van der Waals surface area contributed by atoms with Crippen molar-refractivity contribution >= 4 is 11.6 Å². The molecule has 8 heteroatoms. The molecule has 1 aromatic heterocycles. The Morgan fingerprint density at radius 3 is 2.36 bits per heavy atom. The van der Waals surface area contributed by atoms with Crippen molar-refractivity contribution < 1.29 is 26.3 Å². The summed E-state index contributed by atoms with van der Waals surface area (Å²) in [5, 5.41) is -0.0317. The molecule has 0 aliphatic heterocycles. The Morgan fingerprint density at radius 2 is 1.77 bits per heavy atom. The molecule has 0 spiro atoms. The van der Waals surface area contributed by atoms with Crippen LogP contribution >= 0.6 is 11.6 Å². The Hall–Kier alpha value is -1.63. The lowest BCUT2D eigenvalue weighted by atomic mass is 10.1. The normalized spacial score (nSPS) is 16.9. The average molecular weight is 340 g/mol. The maximum absolute atomic E-state index is 13.5. The fourth-order valence-electron chi connectivity index (χ4n) is 2.69. The summed E-state index contributed by atoms with van der Waals surface area (Å²) in [6, 6.07) is 3.15.